The number of piperidine rings is 6. The van der Waals surface area contributed by atoms with Crippen LogP contribution in [0.25, 0.3) is 0 Å². The Bertz CT molecular complexity index is 1800. The second-order valence-corrected chi connectivity index (χ2v) is 19.9. The first-order valence-electron chi connectivity index (χ1n) is 24.2. The Balaban J connectivity index is 0.000000158. The summed E-state index contributed by atoms with van der Waals surface area (Å²) >= 11 is 0. The molecule has 12 rings (SSSR count). The van der Waals surface area contributed by atoms with Crippen molar-refractivity contribution in [2.24, 2.45) is 23.7 Å². The fourth-order valence-corrected chi connectivity index (χ4v) is 11.6. The third-order valence-electron chi connectivity index (χ3n) is 15.7. The smallest absolute Gasteiger partial charge is 0.119 e. The van der Waals surface area contributed by atoms with Gasteiger partial charge in [0.1, 0.15) is 48.0 Å². The van der Waals surface area contributed by atoms with E-state index in [1.165, 1.54) is 51.9 Å². The Hall–Kier alpha value is -3.76. The Labute approximate surface area is 371 Å². The first-order chi connectivity index (χ1) is 30.3. The highest BCUT2D eigenvalue weighted by atomic mass is 16.5. The van der Waals surface area contributed by atoms with Gasteiger partial charge in [0.25, 0.3) is 0 Å². The van der Waals surface area contributed by atoms with Crippen LogP contribution in [-0.2, 0) is 20.7 Å². The van der Waals surface area contributed by atoms with Crippen LogP contribution in [0.3, 0.4) is 0 Å². The molecule has 2 N–H and O–H groups in total. The average molecular weight is 845 g/mol. The number of hydrogen-bond acceptors (Lipinski definition) is 6. The Morgan fingerprint density at radius 3 is 1.13 bits per heavy atom. The molecule has 0 aromatic heterocycles. The van der Waals surface area contributed by atoms with Gasteiger partial charge in [0, 0.05) is 50.4 Å². The molecule has 0 spiro atoms. The van der Waals surface area contributed by atoms with E-state index in [-0.39, 0.29) is 12.2 Å². The van der Waals surface area contributed by atoms with Crippen LogP contribution in [0, 0.1) is 23.7 Å². The zero-order chi connectivity index (χ0) is 42.3. The number of ether oxygens (including phenoxy) is 4. The Morgan fingerprint density at radius 1 is 0.452 bits per heavy atom. The zero-order valence-electron chi connectivity index (χ0n) is 37.0. The van der Waals surface area contributed by atoms with Crippen LogP contribution in [-0.4, -0.2) is 110 Å². The van der Waals surface area contributed by atoms with Crippen molar-refractivity contribution in [2.75, 3.05) is 78.8 Å². The van der Waals surface area contributed by atoms with Gasteiger partial charge in [0.15, 0.2) is 0 Å². The lowest BCUT2D eigenvalue weighted by atomic mass is 9.82. The van der Waals surface area contributed by atoms with E-state index in [2.05, 4.69) is 24.3 Å². The molecule has 4 atom stereocenters. The first kappa shape index (κ1) is 43.5. The largest absolute Gasteiger partial charge is 0.493 e. The maximum atomic E-state index is 11.5. The minimum Gasteiger partial charge on any atom is -0.493 e. The molecule has 0 amide bonds. The van der Waals surface area contributed by atoms with Crippen molar-refractivity contribution in [3.63, 3.8) is 0 Å². The van der Waals surface area contributed by atoms with E-state index in [4.69, 9.17) is 18.9 Å². The first-order valence-corrected chi connectivity index (χ1v) is 24.2. The van der Waals surface area contributed by atoms with Crippen molar-refractivity contribution in [2.45, 2.75) is 87.6 Å². The minimum atomic E-state index is -0.832. The maximum absolute atomic E-state index is 11.5. The molecule has 8 heteroatoms. The molecule has 4 aromatic carbocycles. The van der Waals surface area contributed by atoms with Crippen LogP contribution in [0.1, 0.15) is 75.3 Å². The number of benzene rings is 4. The molecule has 2 saturated carbocycles. The molecular weight excluding hydrogens is 773 g/mol. The third-order valence-corrected chi connectivity index (χ3v) is 15.7. The number of nitrogens with zero attached hydrogens (tertiary/aromatic N) is 2. The fourth-order valence-electron chi connectivity index (χ4n) is 11.6. The number of rotatable bonds is 20. The van der Waals surface area contributed by atoms with Crippen molar-refractivity contribution in [3.05, 3.63) is 132 Å². The highest BCUT2D eigenvalue weighted by molar-refractivity contribution is 5.26. The van der Waals surface area contributed by atoms with E-state index >= 15 is 0 Å². The minimum absolute atomic E-state index is 0.270. The van der Waals surface area contributed by atoms with E-state index in [1.807, 2.05) is 97.1 Å². The summed E-state index contributed by atoms with van der Waals surface area (Å²) in [5.74, 6) is 3.91. The molecule has 2 aliphatic carbocycles. The molecule has 62 heavy (non-hydrogen) atoms. The van der Waals surface area contributed by atoms with Crippen LogP contribution in [0.2, 0.25) is 0 Å². The third kappa shape index (κ3) is 10.4. The number of hydrogen-bond donors (Lipinski definition) is 2. The topological polar surface area (TPSA) is 77.4 Å². The summed E-state index contributed by atoms with van der Waals surface area (Å²) in [6.45, 7) is 12.0. The van der Waals surface area contributed by atoms with Gasteiger partial charge < -0.3 is 38.1 Å². The summed E-state index contributed by atoms with van der Waals surface area (Å²) < 4.78 is 27.3. The van der Waals surface area contributed by atoms with Crippen LogP contribution in [0.15, 0.2) is 121 Å². The zero-order valence-corrected chi connectivity index (χ0v) is 37.0. The molecule has 6 saturated heterocycles. The second kappa shape index (κ2) is 19.5. The van der Waals surface area contributed by atoms with Crippen molar-refractivity contribution >= 4 is 0 Å². The maximum Gasteiger partial charge on any atom is 0.119 e. The summed E-state index contributed by atoms with van der Waals surface area (Å²) in [6, 6.07) is 40.6. The molecular formula is C54H72N2O6+2. The van der Waals surface area contributed by atoms with E-state index in [0.717, 1.165) is 110 Å². The number of quaternary nitrogens is 2. The predicted molar refractivity (Wildman–Crippen MR) is 244 cm³/mol. The standard InChI is InChI=1S/2C27H36NO3/c2*29-27(24-12-13-24,23-8-3-1-4-9-23)21-31-26-20-28(17-14-22(26)15-18-28)16-7-19-30-25-10-5-2-6-11-25/h2*1-6,8-11,22,24,26,29H,7,12-21H2/q2*+1/t2*22?,26-,27?,28?/m10/s1. The van der Waals surface area contributed by atoms with Crippen molar-refractivity contribution < 1.29 is 38.1 Å². The van der Waals surface area contributed by atoms with Crippen LogP contribution >= 0.6 is 0 Å². The predicted octanol–water partition coefficient (Wildman–Crippen LogP) is 8.76. The summed E-state index contributed by atoms with van der Waals surface area (Å²) in [5, 5.41) is 23.0. The van der Waals surface area contributed by atoms with Gasteiger partial charge in [-0.25, -0.2) is 0 Å². The van der Waals surface area contributed by atoms with Gasteiger partial charge >= 0.3 is 0 Å². The van der Waals surface area contributed by atoms with Crippen LogP contribution in [0.5, 0.6) is 11.5 Å². The number of aliphatic hydroxyl groups is 2. The van der Waals surface area contributed by atoms with E-state index in [1.54, 1.807) is 0 Å². The van der Waals surface area contributed by atoms with E-state index in [0.29, 0.717) is 36.9 Å². The second-order valence-electron chi connectivity index (χ2n) is 19.9. The Morgan fingerprint density at radius 2 is 0.790 bits per heavy atom. The van der Waals surface area contributed by atoms with Crippen LogP contribution in [0.4, 0.5) is 0 Å². The molecule has 8 fully saturated rings. The number of para-hydroxylation sites is 2. The molecule has 0 radical (unpaired) electrons. The lowest BCUT2D eigenvalue weighted by Gasteiger charge is -2.52. The molecule has 8 aliphatic rings. The molecule has 6 aliphatic heterocycles. The fraction of sp³-hybridized carbons (Fsp3) is 0.556. The highest BCUT2D eigenvalue weighted by Gasteiger charge is 2.51. The summed E-state index contributed by atoms with van der Waals surface area (Å²) in [7, 11) is 0. The van der Waals surface area contributed by atoms with Crippen molar-refractivity contribution in [1.82, 2.24) is 0 Å². The quantitative estimate of drug-likeness (QED) is 0.0685. The highest BCUT2D eigenvalue weighted by Crippen LogP contribution is 2.48. The SMILES string of the molecule is OC(CO[C@@H]1C[N+]2(CCCOc3ccccc3)CCC1CC2)(c1ccccc1)C1CC1.OC(CO[C@H]1C[N+]2(CCCOc3ccccc3)CCC1CC2)(c1ccccc1)C1CC1. The lowest BCUT2D eigenvalue weighted by Crippen LogP contribution is -2.64. The molecule has 6 heterocycles. The molecule has 2 unspecified atom stereocenters. The average Bonchev–Trinajstić information content (AvgIpc) is 4.28. The van der Waals surface area contributed by atoms with Crippen molar-refractivity contribution in [1.29, 1.82) is 0 Å². The van der Waals surface area contributed by atoms with Gasteiger partial charge in [0.2, 0.25) is 0 Å². The van der Waals surface area contributed by atoms with Gasteiger partial charge in [-0.05, 0) is 72.9 Å². The monoisotopic (exact) mass is 845 g/mol. The normalized spacial score (nSPS) is 29.5. The summed E-state index contributed by atoms with van der Waals surface area (Å²) in [6.07, 6.45) is 12.1. The molecule has 332 valence electrons. The lowest BCUT2D eigenvalue weighted by molar-refractivity contribution is -0.946. The summed E-state index contributed by atoms with van der Waals surface area (Å²) in [5.41, 5.74) is 0.366. The summed E-state index contributed by atoms with van der Waals surface area (Å²) in [4.78, 5) is 0. The van der Waals surface area contributed by atoms with Crippen molar-refractivity contribution in [3.8, 4) is 11.5 Å². The molecule has 4 aromatic rings. The molecule has 4 bridgehead atoms. The van der Waals surface area contributed by atoms with Gasteiger partial charge in [-0.15, -0.1) is 0 Å². The van der Waals surface area contributed by atoms with Gasteiger partial charge in [-0.1, -0.05) is 97.1 Å². The van der Waals surface area contributed by atoms with Gasteiger partial charge in [-0.2, -0.15) is 0 Å². The van der Waals surface area contributed by atoms with Gasteiger partial charge in [0.05, 0.1) is 65.7 Å². The van der Waals surface area contributed by atoms with Crippen LogP contribution < -0.4 is 9.47 Å². The van der Waals surface area contributed by atoms with E-state index in [9.17, 15) is 10.2 Å². The van der Waals surface area contributed by atoms with E-state index < -0.39 is 11.2 Å². The Kier molecular flexibility index (Phi) is 13.7. The molecule has 8 nitrogen and oxygen atoms in total. The number of fused-ring (bicyclic) bond motifs is 6. The van der Waals surface area contributed by atoms with Gasteiger partial charge in [-0.3, -0.25) is 0 Å².